The van der Waals surface area contributed by atoms with Crippen molar-refractivity contribution in [1.29, 1.82) is 0 Å². The van der Waals surface area contributed by atoms with Gasteiger partial charge in [-0.25, -0.2) is 4.39 Å². The molecule has 0 N–H and O–H groups in total. The standard InChI is InChI=1S/C21H18FNO5S/c1-2-27-19(24)12-23-20(25)18(29-21(23)26)11-14-6-8-17(9-7-14)28-13-15-4-3-5-16(22)10-15/h3-11H,2,12-13H2,1H3. The lowest BCUT2D eigenvalue weighted by molar-refractivity contribution is -0.145. The zero-order valence-corrected chi connectivity index (χ0v) is 16.4. The summed E-state index contributed by atoms with van der Waals surface area (Å²) in [5, 5.41) is -0.510. The highest BCUT2D eigenvalue weighted by atomic mass is 32.2. The fraction of sp³-hybridized carbons (Fsp3) is 0.190. The van der Waals surface area contributed by atoms with Crippen molar-refractivity contribution in [3.8, 4) is 5.75 Å². The summed E-state index contributed by atoms with van der Waals surface area (Å²) in [6.45, 7) is 1.65. The van der Waals surface area contributed by atoms with E-state index in [1.54, 1.807) is 49.4 Å². The van der Waals surface area contributed by atoms with E-state index in [4.69, 9.17) is 9.47 Å². The number of carbonyl (C=O) groups excluding carboxylic acids is 3. The van der Waals surface area contributed by atoms with E-state index in [0.29, 0.717) is 16.9 Å². The van der Waals surface area contributed by atoms with E-state index in [9.17, 15) is 18.8 Å². The molecule has 0 atom stereocenters. The number of thioether (sulfide) groups is 1. The molecule has 0 radical (unpaired) electrons. The molecular weight excluding hydrogens is 397 g/mol. The van der Waals surface area contributed by atoms with E-state index in [-0.39, 0.29) is 23.9 Å². The second-order valence-corrected chi connectivity index (χ2v) is 7.05. The molecule has 0 aromatic heterocycles. The molecule has 0 saturated carbocycles. The predicted octanol–water partition coefficient (Wildman–Crippen LogP) is 4.00. The maximum atomic E-state index is 13.2. The highest BCUT2D eigenvalue weighted by Gasteiger charge is 2.36. The van der Waals surface area contributed by atoms with Gasteiger partial charge in [0, 0.05) is 0 Å². The molecule has 0 spiro atoms. The molecule has 3 rings (SSSR count). The molecule has 1 fully saturated rings. The summed E-state index contributed by atoms with van der Waals surface area (Å²) >= 11 is 0.774. The van der Waals surface area contributed by atoms with E-state index in [2.05, 4.69) is 0 Å². The van der Waals surface area contributed by atoms with Crippen molar-refractivity contribution in [2.45, 2.75) is 13.5 Å². The SMILES string of the molecule is CCOC(=O)CN1C(=O)SC(=Cc2ccc(OCc3cccc(F)c3)cc2)C1=O. The first-order valence-corrected chi connectivity index (χ1v) is 9.66. The summed E-state index contributed by atoms with van der Waals surface area (Å²) in [7, 11) is 0. The van der Waals surface area contributed by atoms with Gasteiger partial charge in [0.2, 0.25) is 0 Å². The van der Waals surface area contributed by atoms with Gasteiger partial charge in [-0.15, -0.1) is 0 Å². The van der Waals surface area contributed by atoms with Crippen LogP contribution in [0.15, 0.2) is 53.4 Å². The smallest absolute Gasteiger partial charge is 0.326 e. The monoisotopic (exact) mass is 415 g/mol. The number of esters is 1. The topological polar surface area (TPSA) is 72.9 Å². The zero-order chi connectivity index (χ0) is 20.8. The Morgan fingerprint density at radius 3 is 2.62 bits per heavy atom. The number of carbonyl (C=O) groups is 3. The number of benzene rings is 2. The summed E-state index contributed by atoms with van der Waals surface area (Å²) in [6.07, 6.45) is 1.58. The molecule has 2 aromatic rings. The molecule has 0 unspecified atom stereocenters. The van der Waals surface area contributed by atoms with E-state index >= 15 is 0 Å². The Bertz CT molecular complexity index is 958. The first kappa shape index (κ1) is 20.6. The first-order valence-electron chi connectivity index (χ1n) is 8.84. The van der Waals surface area contributed by atoms with Crippen molar-refractivity contribution in [2.75, 3.05) is 13.2 Å². The molecule has 0 aliphatic carbocycles. The van der Waals surface area contributed by atoms with Crippen molar-refractivity contribution in [3.05, 3.63) is 70.4 Å². The normalized spacial score (nSPS) is 15.1. The lowest BCUT2D eigenvalue weighted by Crippen LogP contribution is -2.34. The van der Waals surface area contributed by atoms with Crippen LogP contribution in [0.4, 0.5) is 9.18 Å². The van der Waals surface area contributed by atoms with Gasteiger partial charge < -0.3 is 9.47 Å². The van der Waals surface area contributed by atoms with Gasteiger partial charge in [0.25, 0.3) is 11.1 Å². The van der Waals surface area contributed by atoms with Crippen LogP contribution in [-0.2, 0) is 20.9 Å². The number of imide groups is 1. The van der Waals surface area contributed by atoms with Crippen molar-refractivity contribution in [3.63, 3.8) is 0 Å². The molecule has 29 heavy (non-hydrogen) atoms. The molecular formula is C21H18FNO5S. The van der Waals surface area contributed by atoms with E-state index < -0.39 is 23.7 Å². The molecule has 2 aromatic carbocycles. The second kappa shape index (κ2) is 9.38. The quantitative estimate of drug-likeness (QED) is 0.503. The van der Waals surface area contributed by atoms with Crippen LogP contribution in [0.2, 0.25) is 0 Å². The van der Waals surface area contributed by atoms with E-state index in [1.165, 1.54) is 12.1 Å². The zero-order valence-electron chi connectivity index (χ0n) is 15.6. The predicted molar refractivity (Wildman–Crippen MR) is 106 cm³/mol. The molecule has 150 valence electrons. The van der Waals surface area contributed by atoms with Crippen molar-refractivity contribution < 1.29 is 28.2 Å². The highest BCUT2D eigenvalue weighted by Crippen LogP contribution is 2.32. The van der Waals surface area contributed by atoms with Gasteiger partial charge in [-0.05, 0) is 60.2 Å². The van der Waals surface area contributed by atoms with Gasteiger partial charge in [0.1, 0.15) is 24.7 Å². The van der Waals surface area contributed by atoms with Crippen molar-refractivity contribution in [2.24, 2.45) is 0 Å². The minimum absolute atomic E-state index is 0.179. The molecule has 0 bridgehead atoms. The van der Waals surface area contributed by atoms with Crippen molar-refractivity contribution in [1.82, 2.24) is 4.90 Å². The molecule has 1 heterocycles. The van der Waals surface area contributed by atoms with Crippen LogP contribution in [0.5, 0.6) is 5.75 Å². The number of rotatable bonds is 7. The molecule has 1 saturated heterocycles. The third kappa shape index (κ3) is 5.45. The largest absolute Gasteiger partial charge is 0.489 e. The fourth-order valence-electron chi connectivity index (χ4n) is 2.58. The van der Waals surface area contributed by atoms with Gasteiger partial charge in [-0.2, -0.15) is 0 Å². The molecule has 1 aliphatic heterocycles. The summed E-state index contributed by atoms with van der Waals surface area (Å²) in [5.74, 6) is -0.893. The van der Waals surface area contributed by atoms with Crippen molar-refractivity contribution >= 4 is 35.0 Å². The maximum absolute atomic E-state index is 13.2. The third-order valence-corrected chi connectivity index (χ3v) is 4.85. The van der Waals surface area contributed by atoms with Crippen LogP contribution >= 0.6 is 11.8 Å². The summed E-state index contributed by atoms with van der Waals surface area (Å²) in [5.41, 5.74) is 1.41. The Hall–Kier alpha value is -3.13. The Morgan fingerprint density at radius 2 is 1.93 bits per heavy atom. The molecule has 2 amide bonds. The Labute approximate surface area is 171 Å². The summed E-state index contributed by atoms with van der Waals surface area (Å²) < 4.78 is 23.6. The van der Waals surface area contributed by atoms with Crippen LogP contribution in [0, 0.1) is 5.82 Å². The van der Waals surface area contributed by atoms with Crippen LogP contribution in [-0.4, -0.2) is 35.2 Å². The van der Waals surface area contributed by atoms with E-state index in [0.717, 1.165) is 16.7 Å². The fourth-order valence-corrected chi connectivity index (χ4v) is 3.42. The number of halogens is 1. The minimum Gasteiger partial charge on any atom is -0.489 e. The van der Waals surface area contributed by atoms with E-state index in [1.807, 2.05) is 0 Å². The molecule has 6 nitrogen and oxygen atoms in total. The number of ether oxygens (including phenoxy) is 2. The minimum atomic E-state index is -0.629. The molecule has 8 heteroatoms. The van der Waals surface area contributed by atoms with Crippen LogP contribution < -0.4 is 4.74 Å². The average Bonchev–Trinajstić information content (AvgIpc) is 2.95. The lowest BCUT2D eigenvalue weighted by atomic mass is 10.2. The van der Waals surface area contributed by atoms with Gasteiger partial charge in [-0.3, -0.25) is 19.3 Å². The Morgan fingerprint density at radius 1 is 1.17 bits per heavy atom. The Balaban J connectivity index is 1.62. The maximum Gasteiger partial charge on any atom is 0.326 e. The van der Waals surface area contributed by atoms with Gasteiger partial charge in [0.05, 0.1) is 11.5 Å². The van der Waals surface area contributed by atoms with Crippen LogP contribution in [0.1, 0.15) is 18.1 Å². The Kier molecular flexibility index (Phi) is 6.66. The number of hydrogen-bond donors (Lipinski definition) is 0. The summed E-state index contributed by atoms with van der Waals surface area (Å²) in [6, 6.07) is 13.1. The van der Waals surface area contributed by atoms with Gasteiger partial charge in [0.15, 0.2) is 0 Å². The second-order valence-electron chi connectivity index (χ2n) is 6.06. The van der Waals surface area contributed by atoms with Crippen LogP contribution in [0.25, 0.3) is 6.08 Å². The average molecular weight is 415 g/mol. The number of nitrogens with zero attached hydrogens (tertiary/aromatic N) is 1. The highest BCUT2D eigenvalue weighted by molar-refractivity contribution is 8.18. The molecule has 1 aliphatic rings. The van der Waals surface area contributed by atoms with Gasteiger partial charge >= 0.3 is 5.97 Å². The van der Waals surface area contributed by atoms with Crippen LogP contribution in [0.3, 0.4) is 0 Å². The third-order valence-electron chi connectivity index (χ3n) is 3.94. The number of amides is 2. The number of hydrogen-bond acceptors (Lipinski definition) is 6. The lowest BCUT2D eigenvalue weighted by Gasteiger charge is -2.10. The first-order chi connectivity index (χ1) is 14.0. The summed E-state index contributed by atoms with van der Waals surface area (Å²) in [4.78, 5) is 37.0. The van der Waals surface area contributed by atoms with Gasteiger partial charge in [-0.1, -0.05) is 24.3 Å².